The summed E-state index contributed by atoms with van der Waals surface area (Å²) in [6.45, 7) is 4.30. The number of anilines is 1. The molecule has 0 atom stereocenters. The normalized spacial score (nSPS) is 9.17. The maximum Gasteiger partial charge on any atom is 0.0316 e. The summed E-state index contributed by atoms with van der Waals surface area (Å²) in [6.07, 6.45) is 2.36. The molecule has 1 aromatic rings. The summed E-state index contributed by atoms with van der Waals surface area (Å²) in [4.78, 5) is 0. The Kier molecular flexibility index (Phi) is 4.75. The van der Waals surface area contributed by atoms with E-state index < -0.39 is 0 Å². The second-order valence-corrected chi connectivity index (χ2v) is 2.94. The molecule has 0 radical (unpaired) electrons. The Morgan fingerprint density at radius 3 is 2.50 bits per heavy atom. The van der Waals surface area contributed by atoms with E-state index >= 15 is 0 Å². The molecule has 0 aromatic heterocycles. The molecular weight excluding hydrogens is 170 g/mol. The molecule has 0 aliphatic rings. The van der Waals surface area contributed by atoms with Crippen LogP contribution in [0.15, 0.2) is 18.2 Å². The van der Waals surface area contributed by atoms with Crippen molar-refractivity contribution in [1.82, 2.24) is 0 Å². The highest BCUT2D eigenvalue weighted by molar-refractivity contribution is 5.85. The number of nitrogen functional groups attached to an aromatic ring is 1. The molecule has 0 aliphatic carbocycles. The quantitative estimate of drug-likeness (QED) is 0.705. The van der Waals surface area contributed by atoms with Gasteiger partial charge >= 0.3 is 0 Å². The third-order valence-electron chi connectivity index (χ3n) is 1.89. The van der Waals surface area contributed by atoms with Crippen LogP contribution in [-0.2, 0) is 6.42 Å². The largest absolute Gasteiger partial charge is 0.399 e. The van der Waals surface area contributed by atoms with Gasteiger partial charge in [0.25, 0.3) is 0 Å². The zero-order chi connectivity index (χ0) is 8.27. The van der Waals surface area contributed by atoms with Crippen LogP contribution >= 0.6 is 12.4 Å². The van der Waals surface area contributed by atoms with Gasteiger partial charge in [-0.3, -0.25) is 0 Å². The van der Waals surface area contributed by atoms with E-state index in [0.29, 0.717) is 0 Å². The van der Waals surface area contributed by atoms with Crippen LogP contribution in [0, 0.1) is 6.92 Å². The Balaban J connectivity index is 0.00000121. The van der Waals surface area contributed by atoms with Crippen molar-refractivity contribution in [3.05, 3.63) is 29.3 Å². The molecule has 0 spiro atoms. The first-order valence-corrected chi connectivity index (χ1v) is 4.09. The van der Waals surface area contributed by atoms with Gasteiger partial charge in [0.2, 0.25) is 0 Å². The summed E-state index contributed by atoms with van der Waals surface area (Å²) in [7, 11) is 0. The zero-order valence-corrected chi connectivity index (χ0v) is 8.45. The van der Waals surface area contributed by atoms with Gasteiger partial charge in [-0.15, -0.1) is 12.4 Å². The first-order chi connectivity index (χ1) is 5.24. The zero-order valence-electron chi connectivity index (χ0n) is 7.63. The number of nitrogens with two attached hydrogens (primary N) is 1. The molecule has 0 unspecified atom stereocenters. The Morgan fingerprint density at radius 1 is 1.33 bits per heavy atom. The van der Waals surface area contributed by atoms with Crippen molar-refractivity contribution >= 4 is 18.1 Å². The maximum absolute atomic E-state index is 5.62. The third-order valence-corrected chi connectivity index (χ3v) is 1.89. The SMILES string of the molecule is CCCc1ccc(N)cc1C.Cl. The van der Waals surface area contributed by atoms with Crippen LogP contribution in [0.2, 0.25) is 0 Å². The fourth-order valence-electron chi connectivity index (χ4n) is 1.27. The predicted octanol–water partition coefficient (Wildman–Crippen LogP) is 2.95. The van der Waals surface area contributed by atoms with Gasteiger partial charge in [0.15, 0.2) is 0 Å². The van der Waals surface area contributed by atoms with Gasteiger partial charge in [0.1, 0.15) is 0 Å². The van der Waals surface area contributed by atoms with Crippen molar-refractivity contribution in [3.63, 3.8) is 0 Å². The van der Waals surface area contributed by atoms with Gasteiger partial charge in [-0.2, -0.15) is 0 Å². The fourth-order valence-corrected chi connectivity index (χ4v) is 1.27. The molecule has 1 nitrogen and oxygen atoms in total. The summed E-state index contributed by atoms with van der Waals surface area (Å²) < 4.78 is 0. The molecule has 12 heavy (non-hydrogen) atoms. The lowest BCUT2D eigenvalue weighted by atomic mass is 10.0. The summed E-state index contributed by atoms with van der Waals surface area (Å²) in [5.74, 6) is 0. The third kappa shape index (κ3) is 2.74. The van der Waals surface area contributed by atoms with Crippen molar-refractivity contribution in [1.29, 1.82) is 0 Å². The number of benzene rings is 1. The van der Waals surface area contributed by atoms with Crippen LogP contribution < -0.4 is 5.73 Å². The highest BCUT2D eigenvalue weighted by Crippen LogP contribution is 2.13. The summed E-state index contributed by atoms with van der Waals surface area (Å²) in [6, 6.07) is 6.12. The Bertz CT molecular complexity index is 246. The molecule has 0 bridgehead atoms. The topological polar surface area (TPSA) is 26.0 Å². The average molecular weight is 186 g/mol. The minimum Gasteiger partial charge on any atom is -0.399 e. The monoisotopic (exact) mass is 185 g/mol. The molecule has 1 aromatic carbocycles. The van der Waals surface area contributed by atoms with E-state index in [1.54, 1.807) is 0 Å². The molecule has 0 saturated heterocycles. The van der Waals surface area contributed by atoms with Gasteiger partial charge < -0.3 is 5.73 Å². The van der Waals surface area contributed by atoms with E-state index in [1.807, 2.05) is 12.1 Å². The lowest BCUT2D eigenvalue weighted by Crippen LogP contribution is -1.91. The second-order valence-electron chi connectivity index (χ2n) is 2.94. The minimum atomic E-state index is 0. The molecule has 0 heterocycles. The Hall–Kier alpha value is -0.690. The molecule has 0 amide bonds. The number of hydrogen-bond acceptors (Lipinski definition) is 1. The van der Waals surface area contributed by atoms with E-state index in [1.165, 1.54) is 17.5 Å². The smallest absolute Gasteiger partial charge is 0.0316 e. The van der Waals surface area contributed by atoms with Gasteiger partial charge in [0.05, 0.1) is 0 Å². The van der Waals surface area contributed by atoms with Crippen molar-refractivity contribution in [2.75, 3.05) is 5.73 Å². The molecule has 2 heteroatoms. The molecule has 68 valence electrons. The van der Waals surface area contributed by atoms with Gasteiger partial charge in [-0.05, 0) is 36.6 Å². The summed E-state index contributed by atoms with van der Waals surface area (Å²) in [5, 5.41) is 0. The standard InChI is InChI=1S/C10H15N.ClH/c1-3-4-9-5-6-10(11)7-8(9)2;/h5-7H,3-4,11H2,1-2H3;1H. The second kappa shape index (κ2) is 5.04. The predicted molar refractivity (Wildman–Crippen MR) is 56.8 cm³/mol. The Morgan fingerprint density at radius 2 is 2.00 bits per heavy atom. The van der Waals surface area contributed by atoms with Gasteiger partial charge in [0, 0.05) is 5.69 Å². The number of halogens is 1. The molecule has 0 saturated carbocycles. The lowest BCUT2D eigenvalue weighted by molar-refractivity contribution is 0.913. The maximum atomic E-state index is 5.62. The van der Waals surface area contributed by atoms with Crippen LogP contribution in [0.1, 0.15) is 24.5 Å². The number of hydrogen-bond donors (Lipinski definition) is 1. The first kappa shape index (κ1) is 11.3. The highest BCUT2D eigenvalue weighted by Gasteiger charge is 1.95. The number of rotatable bonds is 2. The molecule has 0 fully saturated rings. The minimum absolute atomic E-state index is 0. The van der Waals surface area contributed by atoms with Crippen LogP contribution in [-0.4, -0.2) is 0 Å². The van der Waals surface area contributed by atoms with Crippen LogP contribution in [0.4, 0.5) is 5.69 Å². The summed E-state index contributed by atoms with van der Waals surface area (Å²) in [5.41, 5.74) is 9.22. The van der Waals surface area contributed by atoms with E-state index in [0.717, 1.165) is 12.1 Å². The molecular formula is C10H16ClN. The van der Waals surface area contributed by atoms with Crippen LogP contribution in [0.25, 0.3) is 0 Å². The fraction of sp³-hybridized carbons (Fsp3) is 0.400. The van der Waals surface area contributed by atoms with Crippen LogP contribution in [0.3, 0.4) is 0 Å². The van der Waals surface area contributed by atoms with E-state index in [-0.39, 0.29) is 12.4 Å². The van der Waals surface area contributed by atoms with Crippen LogP contribution in [0.5, 0.6) is 0 Å². The molecule has 1 rings (SSSR count). The van der Waals surface area contributed by atoms with E-state index in [4.69, 9.17) is 5.73 Å². The van der Waals surface area contributed by atoms with E-state index in [9.17, 15) is 0 Å². The Labute approximate surface area is 80.4 Å². The van der Waals surface area contributed by atoms with Gasteiger partial charge in [-0.25, -0.2) is 0 Å². The van der Waals surface area contributed by atoms with Crippen molar-refractivity contribution in [2.45, 2.75) is 26.7 Å². The average Bonchev–Trinajstić information content (AvgIpc) is 1.95. The van der Waals surface area contributed by atoms with Crippen molar-refractivity contribution < 1.29 is 0 Å². The van der Waals surface area contributed by atoms with Crippen molar-refractivity contribution in [2.24, 2.45) is 0 Å². The lowest BCUT2D eigenvalue weighted by Gasteiger charge is -2.03. The molecule has 2 N–H and O–H groups in total. The van der Waals surface area contributed by atoms with Gasteiger partial charge in [-0.1, -0.05) is 19.4 Å². The first-order valence-electron chi connectivity index (χ1n) is 4.09. The van der Waals surface area contributed by atoms with Crippen molar-refractivity contribution in [3.8, 4) is 0 Å². The van der Waals surface area contributed by atoms with E-state index in [2.05, 4.69) is 19.9 Å². The number of aryl methyl sites for hydroxylation is 2. The molecule has 0 aliphatic heterocycles. The summed E-state index contributed by atoms with van der Waals surface area (Å²) >= 11 is 0. The highest BCUT2D eigenvalue weighted by atomic mass is 35.5.